The summed E-state index contributed by atoms with van der Waals surface area (Å²) in [5.41, 5.74) is 0.350. The molecule has 0 unspecified atom stereocenters. The first-order valence-corrected chi connectivity index (χ1v) is 5.22. The zero-order valence-corrected chi connectivity index (χ0v) is 9.53. The molecule has 1 saturated heterocycles. The molecule has 1 aliphatic rings. The molecule has 1 aromatic rings. The molecule has 2 nitrogen and oxygen atoms in total. The van der Waals surface area contributed by atoms with Crippen molar-refractivity contribution in [3.05, 3.63) is 33.6 Å². The van der Waals surface area contributed by atoms with Gasteiger partial charge in [0.05, 0.1) is 28.8 Å². The van der Waals surface area contributed by atoms with Crippen LogP contribution in [-0.2, 0) is 15.3 Å². The van der Waals surface area contributed by atoms with Crippen LogP contribution in [0, 0.1) is 5.82 Å². The van der Waals surface area contributed by atoms with Gasteiger partial charge in [-0.15, -0.1) is 0 Å². The second-order valence-electron chi connectivity index (χ2n) is 3.36. The third-order valence-electron chi connectivity index (χ3n) is 2.34. The highest BCUT2D eigenvalue weighted by Gasteiger charge is 2.37. The summed E-state index contributed by atoms with van der Waals surface area (Å²) in [6.45, 7) is 2.56. The fraction of sp³-hybridized carbons (Fsp3) is 0.400. The van der Waals surface area contributed by atoms with Gasteiger partial charge in [-0.2, -0.15) is 0 Å². The Morgan fingerprint density at radius 1 is 1.27 bits per heavy atom. The van der Waals surface area contributed by atoms with Gasteiger partial charge in [-0.1, -0.05) is 23.2 Å². The van der Waals surface area contributed by atoms with E-state index < -0.39 is 11.6 Å². The smallest absolute Gasteiger partial charge is 0.195 e. The number of hydrogen-bond acceptors (Lipinski definition) is 2. The van der Waals surface area contributed by atoms with E-state index in [1.165, 1.54) is 12.1 Å². The molecule has 1 fully saturated rings. The molecular formula is C10H9Cl2FO2. The first kappa shape index (κ1) is 11.1. The molecule has 0 radical (unpaired) electrons. The van der Waals surface area contributed by atoms with Crippen molar-refractivity contribution in [2.45, 2.75) is 12.7 Å². The van der Waals surface area contributed by atoms with E-state index in [2.05, 4.69) is 0 Å². The van der Waals surface area contributed by atoms with Gasteiger partial charge in [-0.3, -0.25) is 0 Å². The molecule has 1 aliphatic heterocycles. The van der Waals surface area contributed by atoms with Gasteiger partial charge in [0.25, 0.3) is 0 Å². The molecule has 0 aliphatic carbocycles. The van der Waals surface area contributed by atoms with Crippen molar-refractivity contribution in [2.75, 3.05) is 13.2 Å². The Labute approximate surface area is 96.9 Å². The Hall–Kier alpha value is -0.350. The van der Waals surface area contributed by atoms with E-state index in [0.717, 1.165) is 0 Å². The van der Waals surface area contributed by atoms with Crippen molar-refractivity contribution in [1.82, 2.24) is 0 Å². The molecule has 15 heavy (non-hydrogen) atoms. The molecular weight excluding hydrogens is 242 g/mol. The lowest BCUT2D eigenvalue weighted by molar-refractivity contribution is -0.149. The van der Waals surface area contributed by atoms with Crippen LogP contribution in [0.4, 0.5) is 4.39 Å². The highest BCUT2D eigenvalue weighted by molar-refractivity contribution is 6.36. The summed E-state index contributed by atoms with van der Waals surface area (Å²) in [7, 11) is 0. The molecule has 0 N–H and O–H groups in total. The quantitative estimate of drug-likeness (QED) is 0.712. The van der Waals surface area contributed by atoms with E-state index in [0.29, 0.717) is 23.8 Å². The molecule has 0 saturated carbocycles. The average molecular weight is 251 g/mol. The molecule has 2 rings (SSSR count). The van der Waals surface area contributed by atoms with E-state index in [-0.39, 0.29) is 5.02 Å². The van der Waals surface area contributed by atoms with E-state index in [4.69, 9.17) is 32.7 Å². The topological polar surface area (TPSA) is 18.5 Å². The molecule has 0 spiro atoms. The first-order chi connectivity index (χ1) is 7.04. The van der Waals surface area contributed by atoms with Gasteiger partial charge in [0, 0.05) is 0 Å². The fourth-order valence-corrected chi connectivity index (χ4v) is 2.32. The normalized spacial score (nSPS) is 19.5. The maximum absolute atomic E-state index is 13.3. The van der Waals surface area contributed by atoms with Crippen LogP contribution in [0.2, 0.25) is 10.0 Å². The van der Waals surface area contributed by atoms with Crippen molar-refractivity contribution in [2.24, 2.45) is 0 Å². The Balaban J connectivity index is 2.55. The molecule has 0 atom stereocenters. The molecule has 0 bridgehead atoms. The molecule has 5 heteroatoms. The molecule has 82 valence electrons. The Kier molecular flexibility index (Phi) is 2.90. The van der Waals surface area contributed by atoms with Crippen LogP contribution < -0.4 is 0 Å². The largest absolute Gasteiger partial charge is 0.344 e. The minimum absolute atomic E-state index is 0.0492. The SMILES string of the molecule is CC1(c2c(Cl)ccc(F)c2Cl)OCCO1. The number of ether oxygens (including phenoxy) is 2. The minimum Gasteiger partial charge on any atom is -0.344 e. The summed E-state index contributed by atoms with van der Waals surface area (Å²) in [4.78, 5) is 0. The predicted molar refractivity (Wildman–Crippen MR) is 55.7 cm³/mol. The van der Waals surface area contributed by atoms with Gasteiger partial charge in [0.1, 0.15) is 5.82 Å². The zero-order chi connectivity index (χ0) is 11.1. The second-order valence-corrected chi connectivity index (χ2v) is 4.15. The molecule has 1 heterocycles. The predicted octanol–water partition coefficient (Wildman–Crippen LogP) is 3.35. The third-order valence-corrected chi connectivity index (χ3v) is 3.02. The van der Waals surface area contributed by atoms with Crippen LogP contribution in [0.25, 0.3) is 0 Å². The summed E-state index contributed by atoms with van der Waals surface area (Å²) in [5, 5.41) is 0.290. The lowest BCUT2D eigenvalue weighted by Crippen LogP contribution is -2.23. The van der Waals surface area contributed by atoms with Crippen LogP contribution >= 0.6 is 23.2 Å². The monoisotopic (exact) mass is 250 g/mol. The van der Waals surface area contributed by atoms with Gasteiger partial charge >= 0.3 is 0 Å². The van der Waals surface area contributed by atoms with Crippen molar-refractivity contribution < 1.29 is 13.9 Å². The van der Waals surface area contributed by atoms with Crippen molar-refractivity contribution in [3.63, 3.8) is 0 Å². The average Bonchev–Trinajstić information content (AvgIpc) is 2.60. The van der Waals surface area contributed by atoms with Gasteiger partial charge in [0.15, 0.2) is 5.79 Å². The molecule has 0 aromatic heterocycles. The van der Waals surface area contributed by atoms with Crippen LogP contribution in [0.5, 0.6) is 0 Å². The number of benzene rings is 1. The third kappa shape index (κ3) is 1.85. The van der Waals surface area contributed by atoms with E-state index in [1.807, 2.05) is 0 Å². The van der Waals surface area contributed by atoms with E-state index in [9.17, 15) is 4.39 Å². The summed E-state index contributed by atoms with van der Waals surface area (Å²) in [6, 6.07) is 2.65. The van der Waals surface area contributed by atoms with E-state index in [1.54, 1.807) is 6.92 Å². The first-order valence-electron chi connectivity index (χ1n) is 4.46. The van der Waals surface area contributed by atoms with Gasteiger partial charge < -0.3 is 9.47 Å². The maximum atomic E-state index is 13.3. The highest BCUT2D eigenvalue weighted by Crippen LogP contribution is 2.40. The Morgan fingerprint density at radius 3 is 2.47 bits per heavy atom. The minimum atomic E-state index is -1.05. The maximum Gasteiger partial charge on any atom is 0.195 e. The standard InChI is InChI=1S/C10H9Cl2FO2/c1-10(14-4-5-15-10)8-6(11)2-3-7(13)9(8)12/h2-3H,4-5H2,1H3. The van der Waals surface area contributed by atoms with Gasteiger partial charge in [-0.25, -0.2) is 4.39 Å². The van der Waals surface area contributed by atoms with Crippen LogP contribution in [0.1, 0.15) is 12.5 Å². The number of hydrogen-bond donors (Lipinski definition) is 0. The van der Waals surface area contributed by atoms with E-state index >= 15 is 0 Å². The lowest BCUT2D eigenvalue weighted by Gasteiger charge is -2.25. The fourth-order valence-electron chi connectivity index (χ4n) is 1.60. The number of rotatable bonds is 1. The molecule has 0 amide bonds. The second kappa shape index (κ2) is 3.91. The van der Waals surface area contributed by atoms with Crippen molar-refractivity contribution >= 4 is 23.2 Å². The number of halogens is 3. The zero-order valence-electron chi connectivity index (χ0n) is 8.02. The van der Waals surface area contributed by atoms with Crippen molar-refractivity contribution in [1.29, 1.82) is 0 Å². The van der Waals surface area contributed by atoms with Gasteiger partial charge in [-0.05, 0) is 19.1 Å². The van der Waals surface area contributed by atoms with Crippen LogP contribution in [0.3, 0.4) is 0 Å². The lowest BCUT2D eigenvalue weighted by atomic mass is 10.1. The summed E-state index contributed by atoms with van der Waals surface area (Å²) in [5.74, 6) is -1.58. The van der Waals surface area contributed by atoms with Gasteiger partial charge in [0.2, 0.25) is 0 Å². The Morgan fingerprint density at radius 2 is 1.87 bits per heavy atom. The van der Waals surface area contributed by atoms with Crippen LogP contribution in [0.15, 0.2) is 12.1 Å². The summed E-state index contributed by atoms with van der Waals surface area (Å²) < 4.78 is 24.1. The van der Waals surface area contributed by atoms with Crippen molar-refractivity contribution in [3.8, 4) is 0 Å². The highest BCUT2D eigenvalue weighted by atomic mass is 35.5. The Bertz CT molecular complexity index is 389. The summed E-state index contributed by atoms with van der Waals surface area (Å²) >= 11 is 11.8. The van der Waals surface area contributed by atoms with Crippen LogP contribution in [-0.4, -0.2) is 13.2 Å². The molecule has 1 aromatic carbocycles. The summed E-state index contributed by atoms with van der Waals surface area (Å²) in [6.07, 6.45) is 0.